The van der Waals surface area contributed by atoms with Crippen LogP contribution in [0.15, 0.2) is 35.3 Å². The van der Waals surface area contributed by atoms with E-state index in [0.29, 0.717) is 12.6 Å². The van der Waals surface area contributed by atoms with Gasteiger partial charge in [0.05, 0.1) is 6.54 Å². The van der Waals surface area contributed by atoms with Crippen molar-refractivity contribution >= 4 is 29.9 Å². The first-order chi connectivity index (χ1) is 12.1. The molecular weight excluding hydrogens is 439 g/mol. The largest absolute Gasteiger partial charge is 0.384 e. The Morgan fingerprint density at radius 2 is 1.85 bits per heavy atom. The van der Waals surface area contributed by atoms with Crippen molar-refractivity contribution in [1.29, 1.82) is 0 Å². The number of hydrogen-bond acceptors (Lipinski definition) is 3. The van der Waals surface area contributed by atoms with E-state index in [1.54, 1.807) is 0 Å². The van der Waals surface area contributed by atoms with Gasteiger partial charge in [-0.05, 0) is 51.8 Å². The highest BCUT2D eigenvalue weighted by atomic mass is 127. The Balaban J connectivity index is 0.00000338. The lowest BCUT2D eigenvalue weighted by molar-refractivity contribution is 0.0672. The molecule has 1 fully saturated rings. The van der Waals surface area contributed by atoms with Gasteiger partial charge in [-0.15, -0.1) is 24.0 Å². The molecule has 0 aliphatic carbocycles. The molecule has 2 unspecified atom stereocenters. The third kappa shape index (κ3) is 7.04. The molecule has 1 aromatic rings. The number of likely N-dealkylation sites (tertiary alicyclic amines) is 1. The predicted molar refractivity (Wildman–Crippen MR) is 120 cm³/mol. The number of benzene rings is 1. The second-order valence-corrected chi connectivity index (χ2v) is 7.02. The molecule has 0 aromatic heterocycles. The normalized spacial score (nSPS) is 18.7. The zero-order valence-corrected chi connectivity index (χ0v) is 18.7. The van der Waals surface area contributed by atoms with Crippen LogP contribution in [0.3, 0.4) is 0 Å². The highest BCUT2D eigenvalue weighted by molar-refractivity contribution is 14.0. The molecule has 26 heavy (non-hydrogen) atoms. The van der Waals surface area contributed by atoms with Gasteiger partial charge in [-0.25, -0.2) is 4.99 Å². The zero-order chi connectivity index (χ0) is 18.1. The van der Waals surface area contributed by atoms with Gasteiger partial charge in [0.1, 0.15) is 5.60 Å². The third-order valence-electron chi connectivity index (χ3n) is 4.92. The summed E-state index contributed by atoms with van der Waals surface area (Å²) in [6.07, 6.45) is 3.75. The molecule has 0 saturated carbocycles. The van der Waals surface area contributed by atoms with E-state index in [2.05, 4.69) is 34.4 Å². The predicted octanol–water partition coefficient (Wildman–Crippen LogP) is 2.94. The molecule has 0 spiro atoms. The van der Waals surface area contributed by atoms with Gasteiger partial charge in [-0.1, -0.05) is 37.3 Å². The minimum absolute atomic E-state index is 0. The molecule has 6 heteroatoms. The molecule has 1 aliphatic rings. The Labute approximate surface area is 175 Å². The van der Waals surface area contributed by atoms with E-state index >= 15 is 0 Å². The summed E-state index contributed by atoms with van der Waals surface area (Å²) in [6.45, 7) is 10.5. The summed E-state index contributed by atoms with van der Waals surface area (Å²) in [7, 11) is 0. The SMILES string of the molecule is CCNC(=NCC(C)(O)c1ccccc1)NCC(CC)N1CCCC1.I. The summed E-state index contributed by atoms with van der Waals surface area (Å²) in [5.74, 6) is 0.774. The second-order valence-electron chi connectivity index (χ2n) is 7.02. The van der Waals surface area contributed by atoms with Crippen LogP contribution in [0.4, 0.5) is 0 Å². The second kappa shape index (κ2) is 11.8. The highest BCUT2D eigenvalue weighted by Gasteiger charge is 2.23. The van der Waals surface area contributed by atoms with Crippen molar-refractivity contribution in [2.45, 2.75) is 51.7 Å². The van der Waals surface area contributed by atoms with Crippen LogP contribution in [0.2, 0.25) is 0 Å². The number of guanidine groups is 1. The first-order valence-corrected chi connectivity index (χ1v) is 9.61. The maximum absolute atomic E-state index is 10.7. The first kappa shape index (κ1) is 23.2. The van der Waals surface area contributed by atoms with E-state index in [0.717, 1.165) is 31.0 Å². The van der Waals surface area contributed by atoms with Crippen LogP contribution in [0.5, 0.6) is 0 Å². The van der Waals surface area contributed by atoms with Crippen molar-refractivity contribution in [3.05, 3.63) is 35.9 Å². The molecule has 1 heterocycles. The number of nitrogens with one attached hydrogen (secondary N) is 2. The van der Waals surface area contributed by atoms with E-state index in [-0.39, 0.29) is 24.0 Å². The van der Waals surface area contributed by atoms with Gasteiger partial charge in [0.2, 0.25) is 0 Å². The summed E-state index contributed by atoms with van der Waals surface area (Å²) in [5.41, 5.74) is -0.0824. The first-order valence-electron chi connectivity index (χ1n) is 9.61. The molecule has 1 saturated heterocycles. The van der Waals surface area contributed by atoms with Crippen molar-refractivity contribution < 1.29 is 5.11 Å². The Morgan fingerprint density at radius 3 is 2.42 bits per heavy atom. The number of aliphatic imine (C=N–C) groups is 1. The summed E-state index contributed by atoms with van der Waals surface area (Å²) in [5, 5.41) is 17.5. The Morgan fingerprint density at radius 1 is 1.19 bits per heavy atom. The van der Waals surface area contributed by atoms with Gasteiger partial charge in [0.25, 0.3) is 0 Å². The van der Waals surface area contributed by atoms with Crippen molar-refractivity contribution in [2.24, 2.45) is 4.99 Å². The molecule has 2 rings (SSSR count). The summed E-state index contributed by atoms with van der Waals surface area (Å²) in [6, 6.07) is 10.3. The average molecular weight is 474 g/mol. The fraction of sp³-hybridized carbons (Fsp3) is 0.650. The molecule has 0 radical (unpaired) electrons. The van der Waals surface area contributed by atoms with Crippen molar-refractivity contribution in [3.8, 4) is 0 Å². The Bertz CT molecular complexity index is 530. The van der Waals surface area contributed by atoms with Gasteiger partial charge < -0.3 is 15.7 Å². The average Bonchev–Trinajstić information content (AvgIpc) is 3.15. The molecule has 0 bridgehead atoms. The lowest BCUT2D eigenvalue weighted by atomic mass is 9.96. The summed E-state index contributed by atoms with van der Waals surface area (Å²) < 4.78 is 0. The maximum Gasteiger partial charge on any atom is 0.191 e. The lowest BCUT2D eigenvalue weighted by Gasteiger charge is -2.28. The number of halogens is 1. The highest BCUT2D eigenvalue weighted by Crippen LogP contribution is 2.20. The Kier molecular flexibility index (Phi) is 10.5. The molecule has 5 nitrogen and oxygen atoms in total. The molecule has 2 atom stereocenters. The molecular formula is C20H35IN4O. The van der Waals surface area contributed by atoms with Gasteiger partial charge >= 0.3 is 0 Å². The molecule has 1 aromatic carbocycles. The van der Waals surface area contributed by atoms with Crippen molar-refractivity contribution in [3.63, 3.8) is 0 Å². The van der Waals surface area contributed by atoms with Gasteiger partial charge in [-0.3, -0.25) is 4.90 Å². The zero-order valence-electron chi connectivity index (χ0n) is 16.4. The van der Waals surface area contributed by atoms with Gasteiger partial charge in [0.15, 0.2) is 5.96 Å². The number of rotatable bonds is 8. The fourth-order valence-corrected chi connectivity index (χ4v) is 3.32. The maximum atomic E-state index is 10.7. The molecule has 148 valence electrons. The lowest BCUT2D eigenvalue weighted by Crippen LogP contribution is -2.46. The number of nitrogens with zero attached hydrogens (tertiary/aromatic N) is 2. The Hall–Kier alpha value is -0.860. The third-order valence-corrected chi connectivity index (χ3v) is 4.92. The van der Waals surface area contributed by atoms with Crippen LogP contribution < -0.4 is 10.6 Å². The minimum atomic E-state index is -0.970. The standard InChI is InChI=1S/C20H34N4O.HI/c1-4-18(24-13-9-10-14-24)15-22-19(21-5-2)23-16-20(3,25)17-11-7-6-8-12-17;/h6-8,11-12,18,25H,4-5,9-10,13-16H2,1-3H3,(H2,21,22,23);1H. The number of aliphatic hydroxyl groups is 1. The van der Waals surface area contributed by atoms with Crippen LogP contribution in [0.1, 0.15) is 45.6 Å². The van der Waals surface area contributed by atoms with Crippen molar-refractivity contribution in [1.82, 2.24) is 15.5 Å². The summed E-state index contributed by atoms with van der Waals surface area (Å²) in [4.78, 5) is 7.19. The quantitative estimate of drug-likeness (QED) is 0.308. The number of hydrogen-bond donors (Lipinski definition) is 3. The fourth-order valence-electron chi connectivity index (χ4n) is 3.32. The van der Waals surface area contributed by atoms with Gasteiger partial charge in [-0.2, -0.15) is 0 Å². The van der Waals surface area contributed by atoms with E-state index in [1.807, 2.05) is 37.3 Å². The van der Waals surface area contributed by atoms with E-state index in [4.69, 9.17) is 0 Å². The van der Waals surface area contributed by atoms with E-state index in [9.17, 15) is 5.11 Å². The molecule has 0 amide bonds. The molecule has 3 N–H and O–H groups in total. The van der Waals surface area contributed by atoms with E-state index in [1.165, 1.54) is 25.9 Å². The topological polar surface area (TPSA) is 59.9 Å². The van der Waals surface area contributed by atoms with Crippen LogP contribution >= 0.6 is 24.0 Å². The summed E-state index contributed by atoms with van der Waals surface area (Å²) >= 11 is 0. The molecule has 1 aliphatic heterocycles. The van der Waals surface area contributed by atoms with Crippen LogP contribution in [-0.4, -0.2) is 54.7 Å². The van der Waals surface area contributed by atoms with Crippen LogP contribution in [0, 0.1) is 0 Å². The van der Waals surface area contributed by atoms with Gasteiger partial charge in [0, 0.05) is 19.1 Å². The smallest absolute Gasteiger partial charge is 0.191 e. The van der Waals surface area contributed by atoms with E-state index < -0.39 is 5.60 Å². The monoisotopic (exact) mass is 474 g/mol. The van der Waals surface area contributed by atoms with Crippen LogP contribution in [0.25, 0.3) is 0 Å². The van der Waals surface area contributed by atoms with Crippen LogP contribution in [-0.2, 0) is 5.60 Å². The minimum Gasteiger partial charge on any atom is -0.384 e. The van der Waals surface area contributed by atoms with Crippen molar-refractivity contribution in [2.75, 3.05) is 32.7 Å².